The molecule has 0 amide bonds. The highest BCUT2D eigenvalue weighted by molar-refractivity contribution is 8.76. The summed E-state index contributed by atoms with van der Waals surface area (Å²) in [5.74, 6) is 5.06. The van der Waals surface area contributed by atoms with Gasteiger partial charge in [0, 0.05) is 53.9 Å². The predicted octanol–water partition coefficient (Wildman–Crippen LogP) is 7.46. The van der Waals surface area contributed by atoms with Gasteiger partial charge >= 0.3 is 0 Å². The van der Waals surface area contributed by atoms with Crippen LogP contribution in [0.5, 0.6) is 23.0 Å². The molecule has 1 heterocycles. The maximum Gasteiger partial charge on any atom is 0.169 e. The van der Waals surface area contributed by atoms with Gasteiger partial charge in [-0.1, -0.05) is 58.5 Å². The minimum Gasteiger partial charge on any atom is -0.497 e. The minimum atomic E-state index is 0.756. The molecule has 3 aromatic rings. The van der Waals surface area contributed by atoms with Gasteiger partial charge in [-0.2, -0.15) is 0 Å². The first-order chi connectivity index (χ1) is 20.6. The number of benzene rings is 2. The van der Waals surface area contributed by atoms with E-state index >= 15 is 0 Å². The lowest BCUT2D eigenvalue weighted by molar-refractivity contribution is -0.692. The molecule has 0 saturated heterocycles. The van der Waals surface area contributed by atoms with E-state index in [9.17, 15) is 0 Å². The van der Waals surface area contributed by atoms with Crippen molar-refractivity contribution in [3.63, 3.8) is 0 Å². The lowest BCUT2D eigenvalue weighted by Crippen LogP contribution is -2.33. The summed E-state index contributed by atoms with van der Waals surface area (Å²) in [4.78, 5) is 4.51. The van der Waals surface area contributed by atoms with Crippen LogP contribution in [-0.2, 0) is 6.54 Å². The van der Waals surface area contributed by atoms with Gasteiger partial charge in [0.1, 0.15) is 23.0 Å². The van der Waals surface area contributed by atoms with Crippen molar-refractivity contribution >= 4 is 46.0 Å². The Kier molecular flexibility index (Phi) is 14.4. The second-order valence-electron chi connectivity index (χ2n) is 8.82. The molecule has 220 valence electrons. The van der Waals surface area contributed by atoms with Crippen molar-refractivity contribution in [1.82, 2.24) is 0 Å². The molecule has 0 saturated carbocycles. The number of aromatic nitrogens is 1. The number of ether oxygens (including phenoxy) is 4. The van der Waals surface area contributed by atoms with E-state index in [0.29, 0.717) is 0 Å². The Balaban J connectivity index is 1.36. The molecule has 0 unspecified atom stereocenters. The number of rotatable bonds is 17. The summed E-state index contributed by atoms with van der Waals surface area (Å²) in [6.07, 6.45) is 18.0. The first-order valence-electron chi connectivity index (χ1n) is 13.5. The van der Waals surface area contributed by atoms with Gasteiger partial charge in [-0.3, -0.25) is 4.99 Å². The Morgan fingerprint density at radius 3 is 2.00 bits per heavy atom. The Morgan fingerprint density at radius 1 is 0.786 bits per heavy atom. The largest absolute Gasteiger partial charge is 0.497 e. The van der Waals surface area contributed by atoms with Gasteiger partial charge in [-0.25, -0.2) is 4.57 Å². The summed E-state index contributed by atoms with van der Waals surface area (Å²) in [5, 5.41) is 0. The maximum atomic E-state index is 5.47. The summed E-state index contributed by atoms with van der Waals surface area (Å²) in [6, 6.07) is 15.8. The molecule has 0 aliphatic carbocycles. The molecule has 0 aliphatic heterocycles. The fourth-order valence-electron chi connectivity index (χ4n) is 3.77. The SMILES string of the molecule is C=CC(/C=C/c1ccc(OC)cc1OC)=C\C=NCCSSCC[n+]1ccc(/C=C/c2ccc(OC)cc2OC)cc1. The molecule has 0 fully saturated rings. The minimum absolute atomic E-state index is 0.756. The molecule has 0 atom stereocenters. The summed E-state index contributed by atoms with van der Waals surface area (Å²) in [7, 11) is 10.3. The summed E-state index contributed by atoms with van der Waals surface area (Å²) < 4.78 is 23.7. The van der Waals surface area contributed by atoms with Crippen molar-refractivity contribution < 1.29 is 23.5 Å². The molecule has 3 rings (SSSR count). The number of hydrogen-bond acceptors (Lipinski definition) is 7. The molecular weight excluding hydrogens is 565 g/mol. The quantitative estimate of drug-likeness (QED) is 0.0525. The van der Waals surface area contributed by atoms with Gasteiger partial charge in [0.05, 0.1) is 34.2 Å². The second kappa shape index (κ2) is 18.5. The van der Waals surface area contributed by atoms with Crippen LogP contribution in [0.15, 0.2) is 96.3 Å². The lowest BCUT2D eigenvalue weighted by Gasteiger charge is -2.07. The van der Waals surface area contributed by atoms with Crippen LogP contribution in [0.1, 0.15) is 16.7 Å². The average Bonchev–Trinajstić information content (AvgIpc) is 3.04. The number of nitrogens with zero attached hydrogens (tertiary/aromatic N) is 2. The highest BCUT2D eigenvalue weighted by atomic mass is 33.1. The van der Waals surface area contributed by atoms with Gasteiger partial charge in [0.15, 0.2) is 18.9 Å². The first kappa shape index (κ1) is 32.6. The predicted molar refractivity (Wildman–Crippen MR) is 180 cm³/mol. The van der Waals surface area contributed by atoms with Crippen LogP contribution < -0.4 is 23.5 Å². The molecule has 0 aliphatic rings. The molecule has 0 N–H and O–H groups in total. The molecule has 6 nitrogen and oxygen atoms in total. The lowest BCUT2D eigenvalue weighted by atomic mass is 10.1. The van der Waals surface area contributed by atoms with Crippen LogP contribution in [0, 0.1) is 0 Å². The fourth-order valence-corrected chi connectivity index (χ4v) is 5.62. The maximum absolute atomic E-state index is 5.47. The van der Waals surface area contributed by atoms with E-state index in [1.165, 1.54) is 0 Å². The van der Waals surface area contributed by atoms with E-state index in [2.05, 4.69) is 52.8 Å². The topological polar surface area (TPSA) is 53.2 Å². The van der Waals surface area contributed by atoms with Gasteiger partial charge < -0.3 is 18.9 Å². The monoisotopic (exact) mass is 603 g/mol. The second-order valence-corrected chi connectivity index (χ2v) is 11.5. The fraction of sp³-hybridized carbons (Fsp3) is 0.235. The molecule has 0 radical (unpaired) electrons. The Labute approximate surface area is 257 Å². The summed E-state index contributed by atoms with van der Waals surface area (Å²) >= 11 is 0. The zero-order valence-electron chi connectivity index (χ0n) is 24.7. The van der Waals surface area contributed by atoms with Gasteiger partial charge in [0.2, 0.25) is 0 Å². The standard InChI is InChI=1S/C34H39N2O4S2/c1-6-27(7-9-29-11-13-31(37-2)25-33(29)39-4)15-18-35-19-23-41-42-24-22-36-20-16-28(17-21-36)8-10-30-12-14-32(38-3)26-34(30)40-5/h6-18,20-21,25-26H,1,19,22-24H2,2-5H3/q+1/b9-7+,10-8+,27-15+,35-18?. The van der Waals surface area contributed by atoms with Crippen LogP contribution in [0.25, 0.3) is 18.2 Å². The van der Waals surface area contributed by atoms with Crippen molar-refractivity contribution in [3.05, 3.63) is 108 Å². The molecule has 2 aromatic carbocycles. The normalized spacial score (nSPS) is 11.9. The number of aryl methyl sites for hydroxylation is 1. The van der Waals surface area contributed by atoms with E-state index in [1.54, 1.807) is 28.4 Å². The van der Waals surface area contributed by atoms with Crippen molar-refractivity contribution in [2.75, 3.05) is 46.5 Å². The van der Waals surface area contributed by atoms with Crippen molar-refractivity contribution in [2.24, 2.45) is 4.99 Å². The zero-order chi connectivity index (χ0) is 30.0. The van der Waals surface area contributed by atoms with Crippen LogP contribution in [0.3, 0.4) is 0 Å². The zero-order valence-corrected chi connectivity index (χ0v) is 26.3. The molecule has 0 bridgehead atoms. The Hall–Kier alpha value is -3.88. The summed E-state index contributed by atoms with van der Waals surface area (Å²) in [6.45, 7) is 5.62. The Morgan fingerprint density at radius 2 is 1.40 bits per heavy atom. The third-order valence-corrected chi connectivity index (χ3v) is 8.50. The summed E-state index contributed by atoms with van der Waals surface area (Å²) in [5.41, 5.74) is 4.08. The van der Waals surface area contributed by atoms with Gasteiger partial charge in [0.25, 0.3) is 0 Å². The van der Waals surface area contributed by atoms with Crippen LogP contribution >= 0.6 is 21.6 Å². The molecular formula is C34H39N2O4S2+. The molecule has 1 aromatic heterocycles. The number of aliphatic imine (C=N–C) groups is 1. The molecule has 8 heteroatoms. The van der Waals surface area contributed by atoms with E-state index < -0.39 is 0 Å². The van der Waals surface area contributed by atoms with Gasteiger partial charge in [-0.15, -0.1) is 0 Å². The van der Waals surface area contributed by atoms with E-state index in [4.69, 9.17) is 18.9 Å². The third kappa shape index (κ3) is 10.8. The van der Waals surface area contributed by atoms with Crippen LogP contribution in [0.4, 0.5) is 0 Å². The van der Waals surface area contributed by atoms with Crippen LogP contribution in [-0.4, -0.2) is 52.7 Å². The van der Waals surface area contributed by atoms with Crippen LogP contribution in [0.2, 0.25) is 0 Å². The molecule has 0 spiro atoms. The van der Waals surface area contributed by atoms with E-state index in [1.807, 2.05) is 88.5 Å². The smallest absolute Gasteiger partial charge is 0.169 e. The van der Waals surface area contributed by atoms with Crippen molar-refractivity contribution in [3.8, 4) is 23.0 Å². The molecule has 42 heavy (non-hydrogen) atoms. The highest BCUT2D eigenvalue weighted by Crippen LogP contribution is 2.27. The average molecular weight is 604 g/mol. The third-order valence-electron chi connectivity index (χ3n) is 6.14. The number of hydrogen-bond donors (Lipinski definition) is 0. The number of allylic oxidation sites excluding steroid dienone is 4. The van der Waals surface area contributed by atoms with E-state index in [0.717, 1.165) is 69.9 Å². The van der Waals surface area contributed by atoms with Gasteiger partial charge in [-0.05, 0) is 41.5 Å². The number of pyridine rings is 1. The van der Waals surface area contributed by atoms with E-state index in [-0.39, 0.29) is 0 Å². The number of methoxy groups -OCH3 is 4. The van der Waals surface area contributed by atoms with Crippen molar-refractivity contribution in [2.45, 2.75) is 6.54 Å². The Bertz CT molecular complexity index is 1400. The van der Waals surface area contributed by atoms with Crippen molar-refractivity contribution in [1.29, 1.82) is 0 Å². The highest BCUT2D eigenvalue weighted by Gasteiger charge is 2.04. The first-order valence-corrected chi connectivity index (χ1v) is 15.9.